The molecule has 0 aliphatic rings. The summed E-state index contributed by atoms with van der Waals surface area (Å²) in [5.41, 5.74) is 4.05. The van der Waals surface area contributed by atoms with Gasteiger partial charge in [-0.3, -0.25) is 9.20 Å². The molecule has 2 aromatic heterocycles. The number of aryl methyl sites for hydroxylation is 1. The van der Waals surface area contributed by atoms with E-state index in [4.69, 9.17) is 4.74 Å². The van der Waals surface area contributed by atoms with Crippen LogP contribution in [0.4, 0.5) is 0 Å². The number of nitrogens with one attached hydrogen (secondary N) is 1. The zero-order valence-corrected chi connectivity index (χ0v) is 18.1. The van der Waals surface area contributed by atoms with Gasteiger partial charge in [-0.15, -0.1) is 10.2 Å². The number of fused-ring (bicyclic) bond motifs is 3. The molecular weight excluding hydrogens is 396 g/mol. The predicted molar refractivity (Wildman–Crippen MR) is 120 cm³/mol. The van der Waals surface area contributed by atoms with E-state index >= 15 is 0 Å². The maximum Gasteiger partial charge on any atom is 0.233 e. The molecule has 0 aliphatic heterocycles. The van der Waals surface area contributed by atoms with Crippen LogP contribution in [0.1, 0.15) is 18.1 Å². The van der Waals surface area contributed by atoms with E-state index < -0.39 is 0 Å². The van der Waals surface area contributed by atoms with Gasteiger partial charge in [0.2, 0.25) is 5.91 Å². The van der Waals surface area contributed by atoms with Crippen molar-refractivity contribution in [2.45, 2.75) is 30.7 Å². The summed E-state index contributed by atoms with van der Waals surface area (Å²) in [6, 6.07) is 18.1. The number of aromatic nitrogens is 3. The Balaban J connectivity index is 1.53. The van der Waals surface area contributed by atoms with Gasteiger partial charge in [0.1, 0.15) is 5.75 Å². The summed E-state index contributed by atoms with van der Waals surface area (Å²) in [4.78, 5) is 12.6. The van der Waals surface area contributed by atoms with Crippen molar-refractivity contribution in [3.8, 4) is 5.75 Å². The van der Waals surface area contributed by atoms with Crippen molar-refractivity contribution in [1.29, 1.82) is 0 Å². The van der Waals surface area contributed by atoms with Gasteiger partial charge in [-0.2, -0.15) is 0 Å². The van der Waals surface area contributed by atoms with Crippen LogP contribution in [0.15, 0.2) is 59.8 Å². The molecule has 0 saturated carbocycles. The molecule has 7 heteroatoms. The smallest absolute Gasteiger partial charge is 0.233 e. The minimum Gasteiger partial charge on any atom is -0.497 e. The SMILES string of the molecule is COc1ccc2c(C)cc3nnc(SC(C)C(=O)NCCc4ccccc4)n3c2c1. The average Bonchev–Trinajstić information content (AvgIpc) is 3.16. The maximum absolute atomic E-state index is 12.6. The number of benzene rings is 2. The highest BCUT2D eigenvalue weighted by Gasteiger charge is 2.19. The lowest BCUT2D eigenvalue weighted by Gasteiger charge is -2.13. The first-order valence-electron chi connectivity index (χ1n) is 9.87. The maximum atomic E-state index is 12.6. The quantitative estimate of drug-likeness (QED) is 0.457. The molecule has 2 aromatic carbocycles. The first-order chi connectivity index (χ1) is 14.6. The van der Waals surface area contributed by atoms with E-state index in [0.29, 0.717) is 11.7 Å². The second-order valence-electron chi connectivity index (χ2n) is 7.17. The Hall–Kier alpha value is -3.06. The first kappa shape index (κ1) is 20.2. The number of thioether (sulfide) groups is 1. The molecule has 154 valence electrons. The molecule has 1 atom stereocenters. The number of ether oxygens (including phenoxy) is 1. The van der Waals surface area contributed by atoms with E-state index in [1.54, 1.807) is 7.11 Å². The van der Waals surface area contributed by atoms with Crippen molar-refractivity contribution in [3.63, 3.8) is 0 Å². The molecule has 0 fully saturated rings. The van der Waals surface area contributed by atoms with Crippen molar-refractivity contribution in [2.75, 3.05) is 13.7 Å². The Labute approximate surface area is 179 Å². The molecule has 4 aromatic rings. The monoisotopic (exact) mass is 420 g/mol. The lowest BCUT2D eigenvalue weighted by Crippen LogP contribution is -2.32. The van der Waals surface area contributed by atoms with Gasteiger partial charge in [-0.1, -0.05) is 42.1 Å². The van der Waals surface area contributed by atoms with Gasteiger partial charge in [0.25, 0.3) is 0 Å². The third-order valence-corrected chi connectivity index (χ3v) is 6.12. The average molecular weight is 421 g/mol. The molecule has 30 heavy (non-hydrogen) atoms. The van der Waals surface area contributed by atoms with Gasteiger partial charge in [-0.25, -0.2) is 0 Å². The van der Waals surface area contributed by atoms with Crippen LogP contribution < -0.4 is 10.1 Å². The fourth-order valence-electron chi connectivity index (χ4n) is 3.44. The molecule has 0 bridgehead atoms. The molecular formula is C23H24N4O2S. The van der Waals surface area contributed by atoms with Crippen molar-refractivity contribution >= 4 is 34.2 Å². The second kappa shape index (κ2) is 8.75. The number of hydrogen-bond acceptors (Lipinski definition) is 5. The van der Waals surface area contributed by atoms with Gasteiger partial charge in [0.15, 0.2) is 10.8 Å². The lowest BCUT2D eigenvalue weighted by molar-refractivity contribution is -0.120. The Kier molecular flexibility index (Phi) is 5.90. The molecule has 0 aliphatic carbocycles. The molecule has 0 spiro atoms. The molecule has 1 N–H and O–H groups in total. The Bertz CT molecular complexity index is 1190. The van der Waals surface area contributed by atoms with Crippen LogP contribution in [0.25, 0.3) is 16.6 Å². The van der Waals surface area contributed by atoms with E-state index in [-0.39, 0.29) is 11.2 Å². The van der Waals surface area contributed by atoms with Crippen LogP contribution in [0.5, 0.6) is 5.75 Å². The topological polar surface area (TPSA) is 68.5 Å². The number of carbonyl (C=O) groups is 1. The summed E-state index contributed by atoms with van der Waals surface area (Å²) >= 11 is 1.40. The highest BCUT2D eigenvalue weighted by molar-refractivity contribution is 8.00. The van der Waals surface area contributed by atoms with Crippen LogP contribution in [0, 0.1) is 6.92 Å². The third-order valence-electron chi connectivity index (χ3n) is 5.08. The van der Waals surface area contributed by atoms with Gasteiger partial charge in [-0.05, 0) is 49.6 Å². The zero-order valence-electron chi connectivity index (χ0n) is 17.3. The molecule has 0 radical (unpaired) electrons. The van der Waals surface area contributed by atoms with Crippen molar-refractivity contribution in [1.82, 2.24) is 19.9 Å². The highest BCUT2D eigenvalue weighted by Crippen LogP contribution is 2.30. The normalized spacial score (nSPS) is 12.2. The van der Waals surface area contributed by atoms with Crippen LogP contribution in [-0.4, -0.2) is 39.4 Å². The number of amides is 1. The molecule has 1 unspecified atom stereocenters. The second-order valence-corrected chi connectivity index (χ2v) is 8.48. The minimum atomic E-state index is -0.296. The van der Waals surface area contributed by atoms with Crippen LogP contribution >= 0.6 is 11.8 Å². The number of rotatable bonds is 7. The highest BCUT2D eigenvalue weighted by atomic mass is 32.2. The van der Waals surface area contributed by atoms with Gasteiger partial charge < -0.3 is 10.1 Å². The molecule has 4 rings (SSSR count). The number of pyridine rings is 1. The van der Waals surface area contributed by atoms with Crippen LogP contribution in [0.2, 0.25) is 0 Å². The summed E-state index contributed by atoms with van der Waals surface area (Å²) < 4.78 is 7.39. The van der Waals surface area contributed by atoms with Gasteiger partial charge in [0.05, 0.1) is 17.9 Å². The summed E-state index contributed by atoms with van der Waals surface area (Å²) in [6.07, 6.45) is 0.807. The van der Waals surface area contributed by atoms with E-state index in [2.05, 4.69) is 34.6 Å². The van der Waals surface area contributed by atoms with E-state index in [1.165, 1.54) is 17.3 Å². The Morgan fingerprint density at radius 2 is 1.97 bits per heavy atom. The van der Waals surface area contributed by atoms with Crippen molar-refractivity contribution in [3.05, 3.63) is 65.7 Å². The van der Waals surface area contributed by atoms with Crippen molar-refractivity contribution in [2.24, 2.45) is 0 Å². The fraction of sp³-hybridized carbons (Fsp3) is 0.261. The van der Waals surface area contributed by atoms with Crippen molar-refractivity contribution < 1.29 is 9.53 Å². The third kappa shape index (κ3) is 4.11. The van der Waals surface area contributed by atoms with Gasteiger partial charge in [0, 0.05) is 18.0 Å². The van der Waals surface area contributed by atoms with Crippen LogP contribution in [0.3, 0.4) is 0 Å². The first-order valence-corrected chi connectivity index (χ1v) is 10.8. The Morgan fingerprint density at radius 3 is 2.73 bits per heavy atom. The standard InChI is InChI=1S/C23H24N4O2S/c1-15-13-21-25-26-23(27(21)20-14-18(29-3)9-10-19(15)20)30-16(2)22(28)24-12-11-17-7-5-4-6-8-17/h4-10,13-14,16H,11-12H2,1-3H3,(H,24,28). The minimum absolute atomic E-state index is 0.0123. The fourth-order valence-corrected chi connectivity index (χ4v) is 4.33. The lowest BCUT2D eigenvalue weighted by atomic mass is 10.1. The number of methoxy groups -OCH3 is 1. The molecule has 6 nitrogen and oxygen atoms in total. The largest absolute Gasteiger partial charge is 0.497 e. The summed E-state index contributed by atoms with van der Waals surface area (Å²) in [5, 5.41) is 13.2. The number of nitrogens with zero attached hydrogens (tertiary/aromatic N) is 3. The van der Waals surface area contributed by atoms with E-state index in [0.717, 1.165) is 34.3 Å². The van der Waals surface area contributed by atoms with E-state index in [9.17, 15) is 4.79 Å². The summed E-state index contributed by atoms with van der Waals surface area (Å²) in [5.74, 6) is 0.757. The van der Waals surface area contributed by atoms with Crippen LogP contribution in [-0.2, 0) is 11.2 Å². The predicted octanol–water partition coefficient (Wildman–Crippen LogP) is 4.04. The molecule has 1 amide bonds. The van der Waals surface area contributed by atoms with Gasteiger partial charge >= 0.3 is 0 Å². The number of hydrogen-bond donors (Lipinski definition) is 1. The molecule has 2 heterocycles. The zero-order chi connectivity index (χ0) is 21.1. The summed E-state index contributed by atoms with van der Waals surface area (Å²) in [6.45, 7) is 4.55. The Morgan fingerprint density at radius 1 is 1.17 bits per heavy atom. The molecule has 0 saturated heterocycles. The summed E-state index contributed by atoms with van der Waals surface area (Å²) in [7, 11) is 1.65. The van der Waals surface area contributed by atoms with E-state index in [1.807, 2.05) is 53.8 Å². The number of carbonyl (C=O) groups excluding carboxylic acids is 1.